The molecule has 1 amide bonds. The number of carbonyl (C=O) groups is 1. The van der Waals surface area contributed by atoms with E-state index in [1.54, 1.807) is 49.8 Å². The number of benzene rings is 1. The second kappa shape index (κ2) is 6.98. The van der Waals surface area contributed by atoms with Crippen LogP contribution in [0.15, 0.2) is 60.0 Å². The smallest absolute Gasteiger partial charge is 0.320 e. The minimum Gasteiger partial charge on any atom is -0.320 e. The first-order valence-electron chi connectivity index (χ1n) is 7.20. The second-order valence-corrected chi connectivity index (χ2v) is 6.13. The molecule has 3 rings (SSSR count). The average Bonchev–Trinajstić information content (AvgIpc) is 2.96. The van der Waals surface area contributed by atoms with E-state index in [0.29, 0.717) is 17.1 Å². The van der Waals surface area contributed by atoms with Gasteiger partial charge in [0, 0.05) is 30.7 Å². The highest BCUT2D eigenvalue weighted by atomic mass is 32.2. The maximum Gasteiger partial charge on any atom is 0.378 e. The summed E-state index contributed by atoms with van der Waals surface area (Å²) in [5.41, 5.74) is 0.934. The van der Waals surface area contributed by atoms with Gasteiger partial charge in [-0.2, -0.15) is 8.78 Å². The molecule has 2 heterocycles. The van der Waals surface area contributed by atoms with Crippen molar-refractivity contribution in [1.82, 2.24) is 19.7 Å². The van der Waals surface area contributed by atoms with Crippen molar-refractivity contribution in [2.75, 3.05) is 5.32 Å². The van der Waals surface area contributed by atoms with Crippen molar-refractivity contribution in [2.45, 2.75) is 10.4 Å². The van der Waals surface area contributed by atoms with E-state index >= 15 is 0 Å². The zero-order valence-corrected chi connectivity index (χ0v) is 13.9. The first kappa shape index (κ1) is 17.0. The van der Waals surface area contributed by atoms with Crippen LogP contribution in [0, 0.1) is 0 Å². The fourth-order valence-corrected chi connectivity index (χ4v) is 2.71. The lowest BCUT2D eigenvalue weighted by Crippen LogP contribution is -2.31. The number of rotatable bonds is 5. The molecule has 0 atom stereocenters. The molecule has 9 heteroatoms. The summed E-state index contributed by atoms with van der Waals surface area (Å²) in [4.78, 5) is 15.8. The van der Waals surface area contributed by atoms with Crippen LogP contribution in [-0.4, -0.2) is 30.9 Å². The van der Waals surface area contributed by atoms with Crippen molar-refractivity contribution in [1.29, 1.82) is 0 Å². The van der Waals surface area contributed by atoms with Gasteiger partial charge in [-0.05, 0) is 36.0 Å². The fourth-order valence-electron chi connectivity index (χ4n) is 2.04. The number of para-hydroxylation sites is 1. The zero-order valence-electron chi connectivity index (χ0n) is 13.1. The maximum absolute atomic E-state index is 14.2. The molecular formula is C16H13F2N5OS. The first-order valence-corrected chi connectivity index (χ1v) is 8.02. The SMILES string of the molecule is Cn1c(SC(F)(F)C(=O)Nc2ccccc2)nnc1-c1cccnc1. The van der Waals surface area contributed by atoms with Crippen molar-refractivity contribution < 1.29 is 13.6 Å². The summed E-state index contributed by atoms with van der Waals surface area (Å²) in [6.07, 6.45) is 3.15. The number of hydrogen-bond donors (Lipinski definition) is 1. The third kappa shape index (κ3) is 3.82. The van der Waals surface area contributed by atoms with Gasteiger partial charge in [0.2, 0.25) is 0 Å². The van der Waals surface area contributed by atoms with Crippen molar-refractivity contribution in [3.8, 4) is 11.4 Å². The number of amides is 1. The molecule has 0 aliphatic heterocycles. The molecular weight excluding hydrogens is 348 g/mol. The summed E-state index contributed by atoms with van der Waals surface area (Å²) < 4.78 is 29.9. The average molecular weight is 361 g/mol. The van der Waals surface area contributed by atoms with Gasteiger partial charge in [-0.1, -0.05) is 18.2 Å². The third-order valence-electron chi connectivity index (χ3n) is 3.27. The fraction of sp³-hybridized carbons (Fsp3) is 0.125. The molecule has 0 unspecified atom stereocenters. The summed E-state index contributed by atoms with van der Waals surface area (Å²) in [5, 5.41) is 6.06. The number of alkyl halides is 2. The number of aromatic nitrogens is 4. The van der Waals surface area contributed by atoms with Crippen LogP contribution in [0.2, 0.25) is 0 Å². The maximum atomic E-state index is 14.2. The summed E-state index contributed by atoms with van der Waals surface area (Å²) in [6, 6.07) is 11.5. The molecule has 0 spiro atoms. The first-order chi connectivity index (χ1) is 12.0. The highest BCUT2D eigenvalue weighted by Crippen LogP contribution is 2.36. The molecule has 0 aliphatic carbocycles. The Balaban J connectivity index is 1.77. The van der Waals surface area contributed by atoms with E-state index < -0.39 is 11.2 Å². The van der Waals surface area contributed by atoms with Crippen LogP contribution in [0.25, 0.3) is 11.4 Å². The Morgan fingerprint density at radius 1 is 1.16 bits per heavy atom. The summed E-state index contributed by atoms with van der Waals surface area (Å²) in [6.45, 7) is 0. The summed E-state index contributed by atoms with van der Waals surface area (Å²) in [7, 11) is 1.55. The highest BCUT2D eigenvalue weighted by molar-refractivity contribution is 8.00. The van der Waals surface area contributed by atoms with Crippen molar-refractivity contribution in [3.63, 3.8) is 0 Å². The Kier molecular flexibility index (Phi) is 4.75. The summed E-state index contributed by atoms with van der Waals surface area (Å²) >= 11 is 0.0389. The van der Waals surface area contributed by atoms with E-state index in [2.05, 4.69) is 20.5 Å². The van der Waals surface area contributed by atoms with E-state index in [4.69, 9.17) is 0 Å². The summed E-state index contributed by atoms with van der Waals surface area (Å²) in [5.74, 6) is -1.04. The Morgan fingerprint density at radius 2 is 1.92 bits per heavy atom. The standard InChI is InChI=1S/C16H13F2N5OS/c1-23-13(11-6-5-9-19-10-11)21-22-15(23)25-16(17,18)14(24)20-12-7-3-2-4-8-12/h2-10H,1H3,(H,20,24). The molecule has 25 heavy (non-hydrogen) atoms. The van der Waals surface area contributed by atoms with E-state index in [-0.39, 0.29) is 16.9 Å². The van der Waals surface area contributed by atoms with Crippen LogP contribution >= 0.6 is 11.8 Å². The minimum atomic E-state index is -3.71. The molecule has 0 saturated heterocycles. The van der Waals surface area contributed by atoms with Crippen LogP contribution < -0.4 is 5.32 Å². The lowest BCUT2D eigenvalue weighted by Gasteiger charge is -2.14. The molecule has 1 N–H and O–H groups in total. The van der Waals surface area contributed by atoms with Crippen molar-refractivity contribution in [3.05, 3.63) is 54.9 Å². The molecule has 3 aromatic rings. The van der Waals surface area contributed by atoms with Gasteiger partial charge in [-0.3, -0.25) is 9.78 Å². The number of nitrogens with zero attached hydrogens (tertiary/aromatic N) is 4. The third-order valence-corrected chi connectivity index (χ3v) is 4.25. The molecule has 0 saturated carbocycles. The molecule has 0 aliphatic rings. The number of halogens is 2. The zero-order chi connectivity index (χ0) is 17.9. The Morgan fingerprint density at radius 3 is 2.60 bits per heavy atom. The van der Waals surface area contributed by atoms with Gasteiger partial charge in [0.05, 0.1) is 0 Å². The Bertz CT molecular complexity index is 871. The molecule has 1 aromatic carbocycles. The van der Waals surface area contributed by atoms with Crippen LogP contribution in [0.5, 0.6) is 0 Å². The lowest BCUT2D eigenvalue weighted by molar-refractivity contribution is -0.129. The Hall–Kier alpha value is -2.81. The van der Waals surface area contributed by atoms with Gasteiger partial charge >= 0.3 is 11.2 Å². The van der Waals surface area contributed by atoms with E-state index in [1.807, 2.05) is 0 Å². The number of hydrogen-bond acceptors (Lipinski definition) is 5. The number of carbonyl (C=O) groups excluding carboxylic acids is 1. The minimum absolute atomic E-state index is 0.0389. The van der Waals surface area contributed by atoms with Gasteiger partial charge in [-0.25, -0.2) is 0 Å². The molecule has 128 valence electrons. The lowest BCUT2D eigenvalue weighted by atomic mass is 10.3. The highest BCUT2D eigenvalue weighted by Gasteiger charge is 2.42. The van der Waals surface area contributed by atoms with E-state index in [0.717, 1.165) is 0 Å². The second-order valence-electron chi connectivity index (χ2n) is 5.05. The molecule has 0 fully saturated rings. The molecule has 6 nitrogen and oxygen atoms in total. The molecule has 0 radical (unpaired) electrons. The van der Waals surface area contributed by atoms with Crippen LogP contribution in [0.1, 0.15) is 0 Å². The number of pyridine rings is 1. The largest absolute Gasteiger partial charge is 0.378 e. The van der Waals surface area contributed by atoms with Crippen molar-refractivity contribution >= 4 is 23.4 Å². The number of nitrogens with one attached hydrogen (secondary N) is 1. The van der Waals surface area contributed by atoms with Gasteiger partial charge < -0.3 is 9.88 Å². The van der Waals surface area contributed by atoms with Crippen LogP contribution in [0.3, 0.4) is 0 Å². The van der Waals surface area contributed by atoms with E-state index in [9.17, 15) is 13.6 Å². The monoisotopic (exact) mass is 361 g/mol. The van der Waals surface area contributed by atoms with Crippen LogP contribution in [0.4, 0.5) is 14.5 Å². The molecule has 0 bridgehead atoms. The van der Waals surface area contributed by atoms with Gasteiger partial charge in [0.25, 0.3) is 0 Å². The van der Waals surface area contributed by atoms with Crippen LogP contribution in [-0.2, 0) is 11.8 Å². The van der Waals surface area contributed by atoms with Gasteiger partial charge in [-0.15, -0.1) is 10.2 Å². The van der Waals surface area contributed by atoms with Gasteiger partial charge in [0.1, 0.15) is 0 Å². The molecule has 2 aromatic heterocycles. The van der Waals surface area contributed by atoms with Gasteiger partial charge in [0.15, 0.2) is 11.0 Å². The predicted octanol–water partition coefficient (Wildman–Crippen LogP) is 3.20. The topological polar surface area (TPSA) is 72.7 Å². The Labute approximate surface area is 146 Å². The normalized spacial score (nSPS) is 11.3. The van der Waals surface area contributed by atoms with E-state index in [1.165, 1.54) is 16.7 Å². The number of thioether (sulfide) groups is 1. The predicted molar refractivity (Wildman–Crippen MR) is 90.1 cm³/mol. The number of anilines is 1. The quantitative estimate of drug-likeness (QED) is 0.707. The van der Waals surface area contributed by atoms with Crippen molar-refractivity contribution in [2.24, 2.45) is 7.05 Å².